The molecule has 31 heavy (non-hydrogen) atoms. The van der Waals surface area contributed by atoms with E-state index in [1.807, 2.05) is 24.3 Å². The van der Waals surface area contributed by atoms with E-state index < -0.39 is 0 Å². The van der Waals surface area contributed by atoms with Crippen LogP contribution in [0.5, 0.6) is 0 Å². The van der Waals surface area contributed by atoms with Gasteiger partial charge in [-0.1, -0.05) is 76.2 Å². The van der Waals surface area contributed by atoms with Crippen molar-refractivity contribution >= 4 is 24.0 Å². The van der Waals surface area contributed by atoms with Crippen LogP contribution in [0.25, 0.3) is 12.2 Å². The zero-order chi connectivity index (χ0) is 22.6. The number of hydrogen-bond donors (Lipinski definition) is 2. The van der Waals surface area contributed by atoms with E-state index >= 15 is 0 Å². The molecule has 2 aromatic carbocycles. The van der Waals surface area contributed by atoms with Crippen LogP contribution in [0.15, 0.2) is 60.7 Å². The zero-order valence-corrected chi connectivity index (χ0v) is 19.0. The van der Waals surface area contributed by atoms with Crippen LogP contribution in [0.3, 0.4) is 0 Å². The van der Waals surface area contributed by atoms with Crippen LogP contribution in [0, 0.1) is 0 Å². The minimum atomic E-state index is -0.135. The summed E-state index contributed by atoms with van der Waals surface area (Å²) in [6.07, 6.45) is 7.36. The lowest BCUT2D eigenvalue weighted by atomic mass is 10.0. The second kappa shape index (κ2) is 12.5. The first-order chi connectivity index (χ1) is 14.8. The van der Waals surface area contributed by atoms with E-state index in [1.54, 1.807) is 12.2 Å². The van der Waals surface area contributed by atoms with Crippen molar-refractivity contribution in [2.24, 2.45) is 0 Å². The van der Waals surface area contributed by atoms with E-state index in [-0.39, 0.29) is 11.8 Å². The van der Waals surface area contributed by atoms with Gasteiger partial charge in [-0.25, -0.2) is 0 Å². The molecular formula is C27H34N2O2. The van der Waals surface area contributed by atoms with Crippen LogP contribution in [-0.2, 0) is 9.59 Å². The second-order valence-electron chi connectivity index (χ2n) is 8.25. The lowest BCUT2D eigenvalue weighted by Crippen LogP contribution is -2.28. The third kappa shape index (κ3) is 9.04. The molecule has 2 rings (SSSR count). The fraction of sp³-hybridized carbons (Fsp3) is 0.333. The van der Waals surface area contributed by atoms with Crippen LogP contribution in [0.2, 0.25) is 0 Å². The Kier molecular flexibility index (Phi) is 9.76. The normalized spacial score (nSPS) is 11.5. The Morgan fingerprint density at radius 3 is 1.35 bits per heavy atom. The van der Waals surface area contributed by atoms with Crippen molar-refractivity contribution in [2.45, 2.75) is 46.0 Å². The summed E-state index contributed by atoms with van der Waals surface area (Å²) in [7, 11) is 0. The van der Waals surface area contributed by atoms with Crippen molar-refractivity contribution in [1.29, 1.82) is 0 Å². The summed E-state index contributed by atoms with van der Waals surface area (Å²) in [6.45, 7) is 9.64. The first kappa shape index (κ1) is 24.1. The van der Waals surface area contributed by atoms with Gasteiger partial charge in [-0.05, 0) is 52.7 Å². The van der Waals surface area contributed by atoms with Crippen LogP contribution >= 0.6 is 0 Å². The number of hydrogen-bond acceptors (Lipinski definition) is 2. The quantitative estimate of drug-likeness (QED) is 0.407. The molecule has 0 aliphatic carbocycles. The summed E-state index contributed by atoms with van der Waals surface area (Å²) >= 11 is 0. The molecule has 0 aliphatic rings. The maximum atomic E-state index is 11.9. The van der Waals surface area contributed by atoms with Crippen molar-refractivity contribution < 1.29 is 9.59 Å². The molecule has 0 fully saturated rings. The van der Waals surface area contributed by atoms with Gasteiger partial charge in [0.2, 0.25) is 11.8 Å². The van der Waals surface area contributed by atoms with Gasteiger partial charge in [-0.3, -0.25) is 9.59 Å². The monoisotopic (exact) mass is 418 g/mol. The van der Waals surface area contributed by atoms with Crippen molar-refractivity contribution in [3.8, 4) is 0 Å². The molecule has 0 radical (unpaired) electrons. The number of benzene rings is 2. The highest BCUT2D eigenvalue weighted by molar-refractivity contribution is 5.92. The summed E-state index contributed by atoms with van der Waals surface area (Å²) in [5.41, 5.74) is 4.56. The topological polar surface area (TPSA) is 58.2 Å². The van der Waals surface area contributed by atoms with E-state index in [2.05, 4.69) is 62.6 Å². The van der Waals surface area contributed by atoms with Gasteiger partial charge in [0, 0.05) is 25.2 Å². The van der Waals surface area contributed by atoms with Crippen molar-refractivity contribution in [2.75, 3.05) is 13.1 Å². The predicted octanol–water partition coefficient (Wildman–Crippen LogP) is 5.28. The second-order valence-corrected chi connectivity index (χ2v) is 8.25. The minimum absolute atomic E-state index is 0.135. The van der Waals surface area contributed by atoms with E-state index in [4.69, 9.17) is 0 Å². The van der Waals surface area contributed by atoms with Gasteiger partial charge in [0.25, 0.3) is 0 Å². The highest BCUT2D eigenvalue weighted by Gasteiger charge is 2.00. The lowest BCUT2D eigenvalue weighted by Gasteiger charge is -2.05. The predicted molar refractivity (Wildman–Crippen MR) is 130 cm³/mol. The Labute approximate surface area is 186 Å². The number of carbonyl (C=O) groups excluding carboxylic acids is 2. The number of rotatable bonds is 10. The molecule has 2 N–H and O–H groups in total. The van der Waals surface area contributed by atoms with Gasteiger partial charge in [0.1, 0.15) is 0 Å². The average molecular weight is 419 g/mol. The van der Waals surface area contributed by atoms with Gasteiger partial charge < -0.3 is 10.6 Å². The average Bonchev–Trinajstić information content (AvgIpc) is 2.76. The molecule has 0 spiro atoms. The zero-order valence-electron chi connectivity index (χ0n) is 19.0. The largest absolute Gasteiger partial charge is 0.352 e. The molecule has 0 atom stereocenters. The summed E-state index contributed by atoms with van der Waals surface area (Å²) < 4.78 is 0. The Hall–Kier alpha value is -3.14. The SMILES string of the molecule is CC(C)c1ccc(C=CC(=O)NCCCNC(=O)C=Cc2ccc(C(C)C)cc2)cc1. The van der Waals surface area contributed by atoms with Crippen molar-refractivity contribution in [1.82, 2.24) is 10.6 Å². The number of carbonyl (C=O) groups is 2. The summed E-state index contributed by atoms with van der Waals surface area (Å²) in [4.78, 5) is 23.8. The maximum absolute atomic E-state index is 11.9. The third-order valence-corrected chi connectivity index (χ3v) is 5.01. The summed E-state index contributed by atoms with van der Waals surface area (Å²) in [5, 5.41) is 5.67. The molecule has 0 heterocycles. The van der Waals surface area contributed by atoms with E-state index in [9.17, 15) is 9.59 Å². The van der Waals surface area contributed by atoms with Gasteiger partial charge in [0.15, 0.2) is 0 Å². The Morgan fingerprint density at radius 1 is 0.677 bits per heavy atom. The van der Waals surface area contributed by atoms with Gasteiger partial charge in [0.05, 0.1) is 0 Å². The Bertz CT molecular complexity index is 816. The molecule has 0 saturated carbocycles. The summed E-state index contributed by atoms with van der Waals surface area (Å²) in [6, 6.07) is 16.4. The van der Waals surface area contributed by atoms with E-state index in [0.29, 0.717) is 31.3 Å². The van der Waals surface area contributed by atoms with Gasteiger partial charge in [-0.2, -0.15) is 0 Å². The lowest BCUT2D eigenvalue weighted by molar-refractivity contribution is -0.116. The number of nitrogens with one attached hydrogen (secondary N) is 2. The van der Waals surface area contributed by atoms with Crippen LogP contribution in [-0.4, -0.2) is 24.9 Å². The smallest absolute Gasteiger partial charge is 0.244 e. The van der Waals surface area contributed by atoms with Crippen LogP contribution in [0.4, 0.5) is 0 Å². The van der Waals surface area contributed by atoms with Gasteiger partial charge in [-0.15, -0.1) is 0 Å². The molecule has 2 aromatic rings. The van der Waals surface area contributed by atoms with Crippen LogP contribution < -0.4 is 10.6 Å². The van der Waals surface area contributed by atoms with Crippen molar-refractivity contribution in [3.05, 3.63) is 82.9 Å². The standard InChI is InChI=1S/C27H34N2O2/c1-20(2)24-12-6-22(7-13-24)10-16-26(30)28-18-5-19-29-27(31)17-11-23-8-14-25(15-9-23)21(3)4/h6-17,20-21H,5,18-19H2,1-4H3,(H,28,30)(H,29,31). The molecule has 2 amide bonds. The highest BCUT2D eigenvalue weighted by Crippen LogP contribution is 2.16. The van der Waals surface area contributed by atoms with Crippen LogP contribution in [0.1, 0.15) is 68.2 Å². The molecular weight excluding hydrogens is 384 g/mol. The highest BCUT2D eigenvalue weighted by atomic mass is 16.2. The molecule has 0 unspecified atom stereocenters. The van der Waals surface area contributed by atoms with Crippen molar-refractivity contribution in [3.63, 3.8) is 0 Å². The van der Waals surface area contributed by atoms with E-state index in [0.717, 1.165) is 11.1 Å². The summed E-state index contributed by atoms with van der Waals surface area (Å²) in [5.74, 6) is 0.718. The first-order valence-electron chi connectivity index (χ1n) is 11.0. The fourth-order valence-corrected chi connectivity index (χ4v) is 2.96. The molecule has 0 aromatic heterocycles. The first-order valence-corrected chi connectivity index (χ1v) is 11.0. The van der Waals surface area contributed by atoms with E-state index in [1.165, 1.54) is 23.3 Å². The Morgan fingerprint density at radius 2 is 1.03 bits per heavy atom. The van der Waals surface area contributed by atoms with Gasteiger partial charge >= 0.3 is 0 Å². The molecule has 4 nitrogen and oxygen atoms in total. The molecule has 0 saturated heterocycles. The molecule has 0 bridgehead atoms. The third-order valence-electron chi connectivity index (χ3n) is 5.01. The Balaban J connectivity index is 1.63. The molecule has 0 aliphatic heterocycles. The molecule has 164 valence electrons. The number of amides is 2. The fourth-order valence-electron chi connectivity index (χ4n) is 2.96. The molecule has 4 heteroatoms. The minimum Gasteiger partial charge on any atom is -0.352 e. The maximum Gasteiger partial charge on any atom is 0.244 e.